The molecular weight excluding hydrogens is 468 g/mol. The van der Waals surface area contributed by atoms with Crippen molar-refractivity contribution in [3.63, 3.8) is 0 Å². The fraction of sp³-hybridized carbons (Fsp3) is 0.385. The van der Waals surface area contributed by atoms with Crippen LogP contribution >= 0.6 is 0 Å². The predicted octanol–water partition coefficient (Wildman–Crippen LogP) is 11.0. The molecule has 0 heteroatoms. The lowest BCUT2D eigenvalue weighted by Gasteiger charge is -2.27. The maximum atomic E-state index is 2.53. The van der Waals surface area contributed by atoms with E-state index in [1.54, 1.807) is 0 Å². The first kappa shape index (κ1) is 27.4. The van der Waals surface area contributed by atoms with Gasteiger partial charge in [0.15, 0.2) is 0 Å². The molecule has 0 spiro atoms. The van der Waals surface area contributed by atoms with Gasteiger partial charge < -0.3 is 0 Å². The highest BCUT2D eigenvalue weighted by atomic mass is 14.3. The Bertz CT molecular complexity index is 1460. The molecule has 0 saturated heterocycles. The molecule has 1 aliphatic rings. The first-order valence-corrected chi connectivity index (χ1v) is 14.6. The van der Waals surface area contributed by atoms with E-state index >= 15 is 0 Å². The van der Waals surface area contributed by atoms with Gasteiger partial charge >= 0.3 is 0 Å². The van der Waals surface area contributed by atoms with Gasteiger partial charge in [0, 0.05) is 0 Å². The summed E-state index contributed by atoms with van der Waals surface area (Å²) in [5, 5.41) is 0. The highest BCUT2D eigenvalue weighted by molar-refractivity contribution is 5.88. The molecule has 202 valence electrons. The van der Waals surface area contributed by atoms with Gasteiger partial charge in [-0.1, -0.05) is 76.9 Å². The summed E-state index contributed by atoms with van der Waals surface area (Å²) in [6, 6.07) is 19.5. The quantitative estimate of drug-likeness (QED) is 0.220. The largest absolute Gasteiger partial charge is 0.0561 e. The van der Waals surface area contributed by atoms with E-state index in [4.69, 9.17) is 0 Å². The zero-order valence-electron chi connectivity index (χ0n) is 26.3. The van der Waals surface area contributed by atoms with E-state index in [1.165, 1.54) is 89.0 Å². The lowest BCUT2D eigenvalue weighted by molar-refractivity contribution is 0.591. The topological polar surface area (TPSA) is 0 Å². The van der Waals surface area contributed by atoms with Crippen molar-refractivity contribution >= 4 is 0 Å². The third-order valence-corrected chi connectivity index (χ3v) is 8.67. The molecule has 0 heterocycles. The number of fused-ring (bicyclic) bond motifs is 3. The first-order chi connectivity index (χ1) is 18.1. The van der Waals surface area contributed by atoms with E-state index in [2.05, 4.69) is 132 Å². The fourth-order valence-corrected chi connectivity index (χ4v) is 7.15. The van der Waals surface area contributed by atoms with Crippen molar-refractivity contribution in [2.24, 2.45) is 0 Å². The molecule has 0 fully saturated rings. The smallest absolute Gasteiger partial charge is 0.00130 e. The molecule has 4 aromatic rings. The molecule has 0 amide bonds. The maximum Gasteiger partial charge on any atom is -0.00130 e. The predicted molar refractivity (Wildman–Crippen MR) is 171 cm³/mol. The Morgan fingerprint density at radius 2 is 0.718 bits per heavy atom. The van der Waals surface area contributed by atoms with Crippen LogP contribution in [-0.2, 0) is 17.3 Å². The molecule has 0 unspecified atom stereocenters. The number of aryl methyl sites for hydroxylation is 6. The molecule has 0 nitrogen and oxygen atoms in total. The van der Waals surface area contributed by atoms with Gasteiger partial charge in [0.25, 0.3) is 0 Å². The standard InChI is InChI=1S/C39H46/c1-22-13-24(3)36(25(4)14-22)32-18-28-17-29-19-33(37-26(5)15-23(2)16-27(37)6)35(39(10,11)12)21-31(29)30(28)20-34(32)38(7,8)9/h13-16,18-21H,17H2,1-12H3. The summed E-state index contributed by atoms with van der Waals surface area (Å²) in [6.07, 6.45) is 0.993. The molecule has 0 aliphatic heterocycles. The SMILES string of the molecule is Cc1cc(C)c(-c2cc3c(cc2C(C)(C)C)-c2cc(C(C)(C)C)c(-c4c(C)cc(C)cc4C)cc2C3)c(C)c1. The Balaban J connectivity index is 1.78. The van der Waals surface area contributed by atoms with Gasteiger partial charge in [-0.25, -0.2) is 0 Å². The van der Waals surface area contributed by atoms with Crippen LogP contribution < -0.4 is 0 Å². The highest BCUT2D eigenvalue weighted by Gasteiger charge is 2.30. The van der Waals surface area contributed by atoms with Crippen molar-refractivity contribution < 1.29 is 0 Å². The summed E-state index contributed by atoms with van der Waals surface area (Å²) >= 11 is 0. The summed E-state index contributed by atoms with van der Waals surface area (Å²) in [6.45, 7) is 27.7. The zero-order chi connectivity index (χ0) is 28.6. The first-order valence-electron chi connectivity index (χ1n) is 14.6. The summed E-state index contributed by atoms with van der Waals surface area (Å²) in [5.74, 6) is 0. The van der Waals surface area contributed by atoms with Gasteiger partial charge in [0.05, 0.1) is 0 Å². The number of benzene rings is 4. The minimum atomic E-state index is 0.0415. The molecule has 1 aliphatic carbocycles. The van der Waals surface area contributed by atoms with Crippen molar-refractivity contribution in [1.29, 1.82) is 0 Å². The van der Waals surface area contributed by atoms with Crippen LogP contribution in [0.5, 0.6) is 0 Å². The Hall–Kier alpha value is -3.12. The van der Waals surface area contributed by atoms with Crippen molar-refractivity contribution in [2.75, 3.05) is 0 Å². The fourth-order valence-electron chi connectivity index (χ4n) is 7.15. The van der Waals surface area contributed by atoms with Crippen LogP contribution in [0.2, 0.25) is 0 Å². The Morgan fingerprint density at radius 3 is 1.00 bits per heavy atom. The average molecular weight is 515 g/mol. The number of rotatable bonds is 2. The van der Waals surface area contributed by atoms with Gasteiger partial charge in [0.1, 0.15) is 0 Å². The molecular formula is C39H46. The normalized spacial score (nSPS) is 13.0. The van der Waals surface area contributed by atoms with Crippen LogP contribution in [0.4, 0.5) is 0 Å². The molecule has 0 N–H and O–H groups in total. The third-order valence-electron chi connectivity index (χ3n) is 8.67. The minimum Gasteiger partial charge on any atom is -0.0561 e. The van der Waals surface area contributed by atoms with Crippen LogP contribution in [0.3, 0.4) is 0 Å². The summed E-state index contributed by atoms with van der Waals surface area (Å²) in [4.78, 5) is 0. The molecule has 0 radical (unpaired) electrons. The van der Waals surface area contributed by atoms with Crippen molar-refractivity contribution in [3.8, 4) is 33.4 Å². The number of hydrogen-bond donors (Lipinski definition) is 0. The van der Waals surface area contributed by atoms with Crippen LogP contribution in [0.1, 0.15) is 97.2 Å². The third kappa shape index (κ3) is 4.77. The Labute approximate surface area is 237 Å². The summed E-state index contributed by atoms with van der Waals surface area (Å²) in [5.41, 5.74) is 22.5. The number of hydrogen-bond acceptors (Lipinski definition) is 0. The zero-order valence-corrected chi connectivity index (χ0v) is 26.3. The van der Waals surface area contributed by atoms with Gasteiger partial charge in [-0.3, -0.25) is 0 Å². The van der Waals surface area contributed by atoms with Crippen molar-refractivity contribution in [1.82, 2.24) is 0 Å². The lowest BCUT2D eigenvalue weighted by Crippen LogP contribution is -2.14. The van der Waals surface area contributed by atoms with Gasteiger partial charge in [-0.15, -0.1) is 0 Å². The molecule has 5 rings (SSSR count). The Morgan fingerprint density at radius 1 is 0.410 bits per heavy atom. The van der Waals surface area contributed by atoms with Gasteiger partial charge in [-0.2, -0.15) is 0 Å². The van der Waals surface area contributed by atoms with Gasteiger partial charge in [0.2, 0.25) is 0 Å². The van der Waals surface area contributed by atoms with Crippen LogP contribution in [0.15, 0.2) is 48.5 Å². The molecule has 39 heavy (non-hydrogen) atoms. The van der Waals surface area contributed by atoms with E-state index in [9.17, 15) is 0 Å². The van der Waals surface area contributed by atoms with E-state index in [0.717, 1.165) is 6.42 Å². The van der Waals surface area contributed by atoms with Crippen LogP contribution in [-0.4, -0.2) is 0 Å². The van der Waals surface area contributed by atoms with Gasteiger partial charge in [-0.05, 0) is 161 Å². The van der Waals surface area contributed by atoms with E-state index in [1.807, 2.05) is 0 Å². The summed E-state index contributed by atoms with van der Waals surface area (Å²) < 4.78 is 0. The van der Waals surface area contributed by atoms with Crippen LogP contribution in [0.25, 0.3) is 33.4 Å². The Kier molecular flexibility index (Phi) is 6.49. The second kappa shape index (κ2) is 9.22. The molecule has 4 aromatic carbocycles. The molecule has 0 saturated carbocycles. The van der Waals surface area contributed by atoms with Crippen molar-refractivity contribution in [3.05, 3.63) is 104 Å². The second-order valence-electron chi connectivity index (χ2n) is 14.3. The maximum absolute atomic E-state index is 2.53. The summed E-state index contributed by atoms with van der Waals surface area (Å²) in [7, 11) is 0. The second-order valence-corrected chi connectivity index (χ2v) is 14.3. The monoisotopic (exact) mass is 514 g/mol. The van der Waals surface area contributed by atoms with Crippen molar-refractivity contribution in [2.45, 2.75) is 100 Å². The van der Waals surface area contributed by atoms with E-state index in [0.29, 0.717) is 0 Å². The van der Waals surface area contributed by atoms with Crippen LogP contribution in [0, 0.1) is 41.5 Å². The minimum absolute atomic E-state index is 0.0415. The highest BCUT2D eigenvalue weighted by Crippen LogP contribution is 2.48. The lowest BCUT2D eigenvalue weighted by atomic mass is 9.77. The molecule has 0 aromatic heterocycles. The average Bonchev–Trinajstić information content (AvgIpc) is 3.12. The van der Waals surface area contributed by atoms with E-state index < -0.39 is 0 Å². The van der Waals surface area contributed by atoms with E-state index in [-0.39, 0.29) is 10.8 Å². The molecule has 0 bridgehead atoms. The molecule has 0 atom stereocenters.